The van der Waals surface area contributed by atoms with Crippen molar-refractivity contribution in [2.75, 3.05) is 5.32 Å². The van der Waals surface area contributed by atoms with Gasteiger partial charge in [0.15, 0.2) is 10.9 Å². The number of carbonyl (C=O) groups excluding carboxylic acids is 1. The average Bonchev–Trinajstić information content (AvgIpc) is 3.34. The number of halogens is 2. The summed E-state index contributed by atoms with van der Waals surface area (Å²) < 4.78 is 32.3. The van der Waals surface area contributed by atoms with Crippen LogP contribution in [0.25, 0.3) is 11.3 Å². The summed E-state index contributed by atoms with van der Waals surface area (Å²) in [7, 11) is 0. The van der Waals surface area contributed by atoms with Crippen LogP contribution >= 0.6 is 11.3 Å². The van der Waals surface area contributed by atoms with Gasteiger partial charge in [-0.3, -0.25) is 10.1 Å². The Morgan fingerprint density at radius 3 is 2.61 bits per heavy atom. The van der Waals surface area contributed by atoms with Gasteiger partial charge in [0.1, 0.15) is 17.4 Å². The first-order chi connectivity index (χ1) is 13.6. The van der Waals surface area contributed by atoms with E-state index in [2.05, 4.69) is 10.3 Å². The lowest BCUT2D eigenvalue weighted by Gasteiger charge is -2.00. The van der Waals surface area contributed by atoms with E-state index in [4.69, 9.17) is 4.42 Å². The van der Waals surface area contributed by atoms with Crippen LogP contribution in [-0.4, -0.2) is 10.9 Å². The van der Waals surface area contributed by atoms with Crippen LogP contribution in [0, 0.1) is 11.6 Å². The molecule has 0 saturated carbocycles. The Morgan fingerprint density at radius 1 is 1.04 bits per heavy atom. The van der Waals surface area contributed by atoms with Gasteiger partial charge >= 0.3 is 0 Å². The number of benzene rings is 2. The summed E-state index contributed by atoms with van der Waals surface area (Å²) >= 11 is 1.32. The van der Waals surface area contributed by atoms with Crippen LogP contribution in [0.2, 0.25) is 0 Å². The number of hydrogen-bond donors (Lipinski definition) is 1. The van der Waals surface area contributed by atoms with E-state index in [-0.39, 0.29) is 22.9 Å². The van der Waals surface area contributed by atoms with Crippen molar-refractivity contribution < 1.29 is 18.0 Å². The first-order valence-electron chi connectivity index (χ1n) is 8.44. The van der Waals surface area contributed by atoms with E-state index in [1.807, 2.05) is 0 Å². The highest BCUT2D eigenvalue weighted by atomic mass is 32.1. The van der Waals surface area contributed by atoms with Crippen molar-refractivity contribution in [1.82, 2.24) is 4.98 Å². The summed E-state index contributed by atoms with van der Waals surface area (Å²) in [5.41, 5.74) is 1.24. The first-order valence-corrected chi connectivity index (χ1v) is 9.25. The molecule has 4 aromatic rings. The summed E-state index contributed by atoms with van der Waals surface area (Å²) in [6.07, 6.45) is 2.25. The summed E-state index contributed by atoms with van der Waals surface area (Å²) in [5, 5.41) is 3.10. The Labute approximate surface area is 163 Å². The van der Waals surface area contributed by atoms with Gasteiger partial charge in [0.2, 0.25) is 0 Å². The predicted octanol–water partition coefficient (Wildman–Crippen LogP) is 5.52. The maximum atomic E-state index is 13.8. The SMILES string of the molecule is O=C(Nc1ncc(Cc2ccc(F)cc2)s1)c1ccc(-c2ccccc2F)o1. The second-order valence-corrected chi connectivity index (χ2v) is 7.15. The average molecular weight is 396 g/mol. The van der Waals surface area contributed by atoms with Gasteiger partial charge in [0.05, 0.1) is 5.56 Å². The van der Waals surface area contributed by atoms with E-state index in [9.17, 15) is 13.6 Å². The van der Waals surface area contributed by atoms with Gasteiger partial charge in [0, 0.05) is 17.5 Å². The number of thiazole rings is 1. The molecule has 0 radical (unpaired) electrons. The van der Waals surface area contributed by atoms with Crippen molar-refractivity contribution in [2.24, 2.45) is 0 Å². The Bertz CT molecular complexity index is 1120. The van der Waals surface area contributed by atoms with Crippen LogP contribution in [0.15, 0.2) is 71.3 Å². The van der Waals surface area contributed by atoms with Crippen LogP contribution in [0.5, 0.6) is 0 Å². The molecule has 0 bridgehead atoms. The molecule has 28 heavy (non-hydrogen) atoms. The van der Waals surface area contributed by atoms with Crippen molar-refractivity contribution in [3.63, 3.8) is 0 Å². The molecular formula is C21H14F2N2O2S. The smallest absolute Gasteiger partial charge is 0.293 e. The fraction of sp³-hybridized carbons (Fsp3) is 0.0476. The molecule has 7 heteroatoms. The normalized spacial score (nSPS) is 10.8. The molecule has 2 heterocycles. The number of amides is 1. The molecule has 0 atom stereocenters. The number of rotatable bonds is 5. The van der Waals surface area contributed by atoms with Gasteiger partial charge in [-0.2, -0.15) is 0 Å². The molecule has 140 valence electrons. The molecular weight excluding hydrogens is 382 g/mol. The lowest BCUT2D eigenvalue weighted by Crippen LogP contribution is -2.10. The molecule has 0 unspecified atom stereocenters. The molecule has 0 aliphatic heterocycles. The minimum atomic E-state index is -0.467. The lowest BCUT2D eigenvalue weighted by molar-refractivity contribution is 0.0997. The van der Waals surface area contributed by atoms with E-state index in [1.54, 1.807) is 42.6 Å². The van der Waals surface area contributed by atoms with E-state index in [0.717, 1.165) is 10.4 Å². The molecule has 2 aromatic carbocycles. The number of furan rings is 1. The predicted molar refractivity (Wildman–Crippen MR) is 103 cm³/mol. The standard InChI is InChI=1S/C21H14F2N2O2S/c22-14-7-5-13(6-8-14)11-15-12-24-21(28-15)25-20(26)19-10-9-18(27-19)16-3-1-2-4-17(16)23/h1-10,12H,11H2,(H,24,25,26). The summed E-state index contributed by atoms with van der Waals surface area (Å²) in [6, 6.07) is 15.5. The Morgan fingerprint density at radius 2 is 1.82 bits per heavy atom. The molecule has 1 N–H and O–H groups in total. The molecule has 1 amide bonds. The second-order valence-electron chi connectivity index (χ2n) is 6.03. The molecule has 4 nitrogen and oxygen atoms in total. The minimum Gasteiger partial charge on any atom is -0.451 e. The van der Waals surface area contributed by atoms with E-state index < -0.39 is 11.7 Å². The zero-order valence-electron chi connectivity index (χ0n) is 14.5. The molecule has 0 aliphatic carbocycles. The van der Waals surface area contributed by atoms with E-state index in [1.165, 1.54) is 35.6 Å². The molecule has 0 saturated heterocycles. The number of nitrogens with one attached hydrogen (secondary N) is 1. The van der Waals surface area contributed by atoms with Gasteiger partial charge in [-0.15, -0.1) is 11.3 Å². The highest BCUT2D eigenvalue weighted by Crippen LogP contribution is 2.26. The summed E-state index contributed by atoms with van der Waals surface area (Å²) in [5.74, 6) is -0.832. The van der Waals surface area contributed by atoms with Crippen molar-refractivity contribution in [1.29, 1.82) is 0 Å². The Balaban J connectivity index is 1.44. The van der Waals surface area contributed by atoms with Crippen molar-refractivity contribution in [3.05, 3.63) is 94.7 Å². The van der Waals surface area contributed by atoms with Crippen molar-refractivity contribution >= 4 is 22.4 Å². The summed E-state index contributed by atoms with van der Waals surface area (Å²) in [4.78, 5) is 17.5. The highest BCUT2D eigenvalue weighted by Gasteiger charge is 2.16. The van der Waals surface area contributed by atoms with E-state index >= 15 is 0 Å². The third-order valence-electron chi connectivity index (χ3n) is 4.03. The maximum Gasteiger partial charge on any atom is 0.293 e. The van der Waals surface area contributed by atoms with Gasteiger partial charge in [0.25, 0.3) is 5.91 Å². The molecule has 2 aromatic heterocycles. The number of hydrogen-bond acceptors (Lipinski definition) is 4. The topological polar surface area (TPSA) is 55.1 Å². The Kier molecular flexibility index (Phi) is 4.99. The third kappa shape index (κ3) is 3.99. The van der Waals surface area contributed by atoms with Crippen LogP contribution in [-0.2, 0) is 6.42 Å². The molecule has 0 fully saturated rings. The number of anilines is 1. The molecule has 0 aliphatic rings. The highest BCUT2D eigenvalue weighted by molar-refractivity contribution is 7.15. The molecule has 0 spiro atoms. The fourth-order valence-electron chi connectivity index (χ4n) is 2.67. The Hall–Kier alpha value is -3.32. The van der Waals surface area contributed by atoms with Crippen LogP contribution < -0.4 is 5.32 Å². The zero-order chi connectivity index (χ0) is 19.5. The largest absolute Gasteiger partial charge is 0.451 e. The van der Waals surface area contributed by atoms with Gasteiger partial charge in [-0.1, -0.05) is 24.3 Å². The third-order valence-corrected chi connectivity index (χ3v) is 4.95. The maximum absolute atomic E-state index is 13.8. The first kappa shape index (κ1) is 18.1. The van der Waals surface area contributed by atoms with Crippen LogP contribution in [0.3, 0.4) is 0 Å². The van der Waals surface area contributed by atoms with Crippen LogP contribution in [0.4, 0.5) is 13.9 Å². The quantitative estimate of drug-likeness (QED) is 0.483. The summed E-state index contributed by atoms with van der Waals surface area (Å²) in [6.45, 7) is 0. The number of carbonyl (C=O) groups is 1. The van der Waals surface area contributed by atoms with Crippen LogP contribution in [0.1, 0.15) is 21.0 Å². The van der Waals surface area contributed by atoms with Crippen molar-refractivity contribution in [2.45, 2.75) is 6.42 Å². The number of nitrogens with zero attached hydrogens (tertiary/aromatic N) is 1. The second kappa shape index (κ2) is 7.74. The molecule has 4 rings (SSSR count). The van der Waals surface area contributed by atoms with Gasteiger partial charge < -0.3 is 4.42 Å². The lowest BCUT2D eigenvalue weighted by atomic mass is 10.1. The minimum absolute atomic E-state index is 0.0635. The number of aromatic nitrogens is 1. The zero-order valence-corrected chi connectivity index (χ0v) is 15.3. The van der Waals surface area contributed by atoms with Gasteiger partial charge in [-0.05, 0) is 42.0 Å². The fourth-order valence-corrected chi connectivity index (χ4v) is 3.52. The van der Waals surface area contributed by atoms with E-state index in [0.29, 0.717) is 11.6 Å². The van der Waals surface area contributed by atoms with Gasteiger partial charge in [-0.25, -0.2) is 13.8 Å². The monoisotopic (exact) mass is 396 g/mol. The van der Waals surface area contributed by atoms with Crippen molar-refractivity contribution in [3.8, 4) is 11.3 Å².